The third-order valence-electron chi connectivity index (χ3n) is 3.69. The predicted octanol–water partition coefficient (Wildman–Crippen LogP) is 5.45. The van der Waals surface area contributed by atoms with Gasteiger partial charge >= 0.3 is 6.18 Å². The lowest BCUT2D eigenvalue weighted by molar-refractivity contribution is -0.137. The quantitative estimate of drug-likeness (QED) is 0.511. The van der Waals surface area contributed by atoms with E-state index in [4.69, 9.17) is 0 Å². The van der Waals surface area contributed by atoms with Gasteiger partial charge in [0.15, 0.2) is 10.9 Å². The van der Waals surface area contributed by atoms with Crippen LogP contribution in [-0.2, 0) is 6.18 Å². The first-order valence-electron chi connectivity index (χ1n) is 7.34. The standard InChI is InChI=1S/C17H11F3N4S/c18-17(19,20)11-6-7-12-13(8-11)23-24-15(12)22-16-21-14(9-25-16)10-4-2-1-3-5-10/h1-9H,(H2,21,22,23,24). The van der Waals surface area contributed by atoms with Crippen LogP contribution in [0.1, 0.15) is 5.56 Å². The van der Waals surface area contributed by atoms with Gasteiger partial charge in [0, 0.05) is 16.3 Å². The number of anilines is 2. The van der Waals surface area contributed by atoms with E-state index in [1.807, 2.05) is 35.7 Å². The zero-order valence-electron chi connectivity index (χ0n) is 12.6. The number of nitrogens with zero attached hydrogens (tertiary/aromatic N) is 2. The molecule has 2 aromatic carbocycles. The summed E-state index contributed by atoms with van der Waals surface area (Å²) in [5.41, 5.74) is 1.42. The Kier molecular flexibility index (Phi) is 3.69. The van der Waals surface area contributed by atoms with E-state index in [-0.39, 0.29) is 0 Å². The average molecular weight is 360 g/mol. The molecule has 0 atom stereocenters. The Morgan fingerprint density at radius 2 is 1.84 bits per heavy atom. The molecular formula is C17H11F3N4S. The van der Waals surface area contributed by atoms with Crippen molar-refractivity contribution in [2.45, 2.75) is 6.18 Å². The Morgan fingerprint density at radius 1 is 1.04 bits per heavy atom. The van der Waals surface area contributed by atoms with E-state index < -0.39 is 11.7 Å². The number of thiazole rings is 1. The Hall–Kier alpha value is -2.87. The first-order valence-corrected chi connectivity index (χ1v) is 8.22. The SMILES string of the molecule is FC(F)(F)c1ccc2c(Nc3nc(-c4ccccc4)cs3)n[nH]c2c1. The maximum atomic E-state index is 12.8. The van der Waals surface area contributed by atoms with Gasteiger partial charge in [-0.15, -0.1) is 11.3 Å². The number of aromatic amines is 1. The minimum Gasteiger partial charge on any atom is -0.314 e. The molecule has 0 fully saturated rings. The van der Waals surface area contributed by atoms with Gasteiger partial charge in [-0.1, -0.05) is 30.3 Å². The largest absolute Gasteiger partial charge is 0.416 e. The number of hydrogen-bond acceptors (Lipinski definition) is 4. The molecule has 0 aliphatic carbocycles. The topological polar surface area (TPSA) is 53.6 Å². The van der Waals surface area contributed by atoms with Crippen LogP contribution in [0.2, 0.25) is 0 Å². The van der Waals surface area contributed by atoms with Crippen molar-refractivity contribution in [1.82, 2.24) is 15.2 Å². The molecule has 2 heterocycles. The fraction of sp³-hybridized carbons (Fsp3) is 0.0588. The highest BCUT2D eigenvalue weighted by Gasteiger charge is 2.30. The number of hydrogen-bond donors (Lipinski definition) is 2. The van der Waals surface area contributed by atoms with E-state index in [1.165, 1.54) is 17.4 Å². The highest BCUT2D eigenvalue weighted by atomic mass is 32.1. The number of nitrogens with one attached hydrogen (secondary N) is 2. The molecule has 0 radical (unpaired) electrons. The average Bonchev–Trinajstić information content (AvgIpc) is 3.22. The van der Waals surface area contributed by atoms with E-state index >= 15 is 0 Å². The van der Waals surface area contributed by atoms with Crippen LogP contribution in [0.4, 0.5) is 24.1 Å². The number of fused-ring (bicyclic) bond motifs is 1. The molecule has 2 N–H and O–H groups in total. The maximum Gasteiger partial charge on any atom is 0.416 e. The molecule has 25 heavy (non-hydrogen) atoms. The molecule has 126 valence electrons. The summed E-state index contributed by atoms with van der Waals surface area (Å²) in [6.07, 6.45) is -4.38. The molecule has 0 unspecified atom stereocenters. The molecule has 4 aromatic rings. The minimum absolute atomic E-state index is 0.317. The lowest BCUT2D eigenvalue weighted by Gasteiger charge is -2.06. The fourth-order valence-corrected chi connectivity index (χ4v) is 3.18. The maximum absolute atomic E-state index is 12.8. The predicted molar refractivity (Wildman–Crippen MR) is 91.9 cm³/mol. The lowest BCUT2D eigenvalue weighted by Crippen LogP contribution is -2.04. The number of halogens is 3. The Labute approximate surface area is 144 Å². The Morgan fingerprint density at radius 3 is 2.60 bits per heavy atom. The number of benzene rings is 2. The molecule has 0 bridgehead atoms. The summed E-state index contributed by atoms with van der Waals surface area (Å²) >= 11 is 1.40. The van der Waals surface area contributed by atoms with Crippen molar-refractivity contribution < 1.29 is 13.2 Å². The lowest BCUT2D eigenvalue weighted by atomic mass is 10.1. The van der Waals surface area contributed by atoms with E-state index in [1.54, 1.807) is 0 Å². The molecule has 0 saturated carbocycles. The number of aromatic nitrogens is 3. The fourth-order valence-electron chi connectivity index (χ4n) is 2.47. The van der Waals surface area contributed by atoms with Crippen LogP contribution >= 0.6 is 11.3 Å². The van der Waals surface area contributed by atoms with Crippen LogP contribution in [0.3, 0.4) is 0 Å². The number of rotatable bonds is 3. The van der Waals surface area contributed by atoms with Gasteiger partial charge in [0.05, 0.1) is 16.8 Å². The van der Waals surface area contributed by atoms with Crippen LogP contribution in [0.5, 0.6) is 0 Å². The van der Waals surface area contributed by atoms with Crippen molar-refractivity contribution in [2.75, 3.05) is 5.32 Å². The third-order valence-corrected chi connectivity index (χ3v) is 4.45. The second-order valence-corrected chi connectivity index (χ2v) is 6.22. The first-order chi connectivity index (χ1) is 12.0. The van der Waals surface area contributed by atoms with Crippen molar-refractivity contribution in [3.63, 3.8) is 0 Å². The van der Waals surface area contributed by atoms with Crippen LogP contribution < -0.4 is 5.32 Å². The van der Waals surface area contributed by atoms with E-state index in [0.29, 0.717) is 21.9 Å². The smallest absolute Gasteiger partial charge is 0.314 e. The Bertz CT molecular complexity index is 1020. The summed E-state index contributed by atoms with van der Waals surface area (Å²) in [6.45, 7) is 0. The highest BCUT2D eigenvalue weighted by Crippen LogP contribution is 2.34. The van der Waals surface area contributed by atoms with Crippen LogP contribution in [0.25, 0.3) is 22.2 Å². The molecule has 0 saturated heterocycles. The van der Waals surface area contributed by atoms with Gasteiger partial charge in [0.2, 0.25) is 0 Å². The van der Waals surface area contributed by atoms with Gasteiger partial charge in [-0.05, 0) is 18.2 Å². The van der Waals surface area contributed by atoms with Crippen LogP contribution in [-0.4, -0.2) is 15.2 Å². The molecule has 0 spiro atoms. The summed E-state index contributed by atoms with van der Waals surface area (Å²) in [5.74, 6) is 0.442. The van der Waals surface area contributed by atoms with Gasteiger partial charge < -0.3 is 5.32 Å². The summed E-state index contributed by atoms with van der Waals surface area (Å²) in [5, 5.41) is 12.8. The number of alkyl halides is 3. The Balaban J connectivity index is 1.62. The molecular weight excluding hydrogens is 349 g/mol. The zero-order valence-corrected chi connectivity index (χ0v) is 13.4. The minimum atomic E-state index is -4.38. The second kappa shape index (κ2) is 5.89. The van der Waals surface area contributed by atoms with E-state index in [9.17, 15) is 13.2 Å². The van der Waals surface area contributed by atoms with Gasteiger partial charge in [-0.25, -0.2) is 4.98 Å². The van der Waals surface area contributed by atoms with Crippen molar-refractivity contribution in [3.8, 4) is 11.3 Å². The van der Waals surface area contributed by atoms with Gasteiger partial charge in [0.1, 0.15) is 0 Å². The molecule has 4 rings (SSSR count). The van der Waals surface area contributed by atoms with Crippen LogP contribution in [0, 0.1) is 0 Å². The number of H-pyrrole nitrogens is 1. The van der Waals surface area contributed by atoms with Crippen molar-refractivity contribution >= 4 is 33.2 Å². The molecule has 0 aliphatic heterocycles. The molecule has 2 aromatic heterocycles. The van der Waals surface area contributed by atoms with Crippen LogP contribution in [0.15, 0.2) is 53.9 Å². The molecule has 8 heteroatoms. The summed E-state index contributed by atoms with van der Waals surface area (Å²) in [6, 6.07) is 13.2. The summed E-state index contributed by atoms with van der Waals surface area (Å²) in [4.78, 5) is 4.49. The summed E-state index contributed by atoms with van der Waals surface area (Å²) < 4.78 is 38.3. The highest BCUT2D eigenvalue weighted by molar-refractivity contribution is 7.14. The normalized spacial score (nSPS) is 11.8. The van der Waals surface area contributed by atoms with E-state index in [2.05, 4.69) is 20.5 Å². The van der Waals surface area contributed by atoms with E-state index in [0.717, 1.165) is 23.4 Å². The van der Waals surface area contributed by atoms with Gasteiger partial charge in [-0.2, -0.15) is 18.3 Å². The first kappa shape index (κ1) is 15.6. The van der Waals surface area contributed by atoms with Crippen molar-refractivity contribution in [3.05, 3.63) is 59.5 Å². The molecule has 0 amide bonds. The van der Waals surface area contributed by atoms with Gasteiger partial charge in [0.25, 0.3) is 0 Å². The van der Waals surface area contributed by atoms with Gasteiger partial charge in [-0.3, -0.25) is 5.10 Å². The monoisotopic (exact) mass is 360 g/mol. The van der Waals surface area contributed by atoms with Crippen molar-refractivity contribution in [1.29, 1.82) is 0 Å². The third kappa shape index (κ3) is 3.08. The molecule has 4 nitrogen and oxygen atoms in total. The summed E-state index contributed by atoms with van der Waals surface area (Å²) in [7, 11) is 0. The zero-order chi connectivity index (χ0) is 17.4. The van der Waals surface area contributed by atoms with Crippen molar-refractivity contribution in [2.24, 2.45) is 0 Å². The molecule has 0 aliphatic rings. The second-order valence-electron chi connectivity index (χ2n) is 5.36.